The van der Waals surface area contributed by atoms with E-state index in [0.29, 0.717) is 11.6 Å². The highest BCUT2D eigenvalue weighted by Crippen LogP contribution is 2.48. The molecule has 3 nitrogen and oxygen atoms in total. The van der Waals surface area contributed by atoms with E-state index in [9.17, 15) is 4.79 Å². The third-order valence-corrected chi connectivity index (χ3v) is 5.69. The topological polar surface area (TPSA) is 32.7 Å². The molecule has 2 fully saturated rings. The summed E-state index contributed by atoms with van der Waals surface area (Å²) < 4.78 is 0. The maximum atomic E-state index is 11.7. The van der Waals surface area contributed by atoms with Crippen LogP contribution in [-0.4, -0.2) is 40.6 Å². The maximum absolute atomic E-state index is 11.7. The molecule has 0 bridgehead atoms. The number of thioether (sulfide) groups is 1. The molecule has 19 heavy (non-hydrogen) atoms. The van der Waals surface area contributed by atoms with Crippen LogP contribution in [0, 0.1) is 5.92 Å². The van der Waals surface area contributed by atoms with Crippen molar-refractivity contribution in [3.63, 3.8) is 0 Å². The van der Waals surface area contributed by atoms with Gasteiger partial charge in [-0.2, -0.15) is 0 Å². The van der Waals surface area contributed by atoms with Crippen LogP contribution in [0.15, 0.2) is 16.8 Å². The fraction of sp³-hybridized carbons (Fsp3) is 0.733. The predicted molar refractivity (Wildman–Crippen MR) is 80.6 cm³/mol. The summed E-state index contributed by atoms with van der Waals surface area (Å²) in [6.45, 7) is 4.02. The summed E-state index contributed by atoms with van der Waals surface area (Å²) in [5.74, 6) is 0.595. The van der Waals surface area contributed by atoms with Crippen molar-refractivity contribution in [2.45, 2.75) is 44.6 Å². The number of ketones is 1. The second kappa shape index (κ2) is 5.06. The second-order valence-electron chi connectivity index (χ2n) is 5.85. The lowest BCUT2D eigenvalue weighted by atomic mass is 9.83. The Morgan fingerprint density at radius 1 is 1.42 bits per heavy atom. The minimum Gasteiger partial charge on any atom is -0.293 e. The van der Waals surface area contributed by atoms with Gasteiger partial charge in [0.15, 0.2) is 5.78 Å². The van der Waals surface area contributed by atoms with Crippen molar-refractivity contribution in [3.8, 4) is 0 Å². The molecule has 3 rings (SSSR count). The molecule has 0 N–H and O–H groups in total. The Labute approximate surface area is 119 Å². The van der Waals surface area contributed by atoms with Gasteiger partial charge in [-0.25, -0.2) is 4.99 Å². The van der Waals surface area contributed by atoms with Crippen molar-refractivity contribution in [2.75, 3.05) is 19.3 Å². The van der Waals surface area contributed by atoms with Gasteiger partial charge < -0.3 is 0 Å². The maximum Gasteiger partial charge on any atom is 0.177 e. The Hall–Kier alpha value is -0.610. The molecule has 2 atom stereocenters. The summed E-state index contributed by atoms with van der Waals surface area (Å²) in [6, 6.07) is 0. The number of carbonyl (C=O) groups excluding carboxylic acids is 1. The third-order valence-electron chi connectivity index (χ3n) is 4.86. The molecule has 1 saturated carbocycles. The van der Waals surface area contributed by atoms with Gasteiger partial charge in [0, 0.05) is 12.8 Å². The summed E-state index contributed by atoms with van der Waals surface area (Å²) in [4.78, 5) is 19.0. The lowest BCUT2D eigenvalue weighted by Gasteiger charge is -2.44. The van der Waals surface area contributed by atoms with Crippen molar-refractivity contribution in [2.24, 2.45) is 10.9 Å². The summed E-state index contributed by atoms with van der Waals surface area (Å²) in [5.41, 5.74) is 0.806. The Bertz CT molecular complexity index is 451. The molecule has 3 aliphatic rings. The number of fused-ring (bicyclic) bond motifs is 1. The Morgan fingerprint density at radius 2 is 2.16 bits per heavy atom. The van der Waals surface area contributed by atoms with E-state index in [4.69, 9.17) is 4.99 Å². The van der Waals surface area contributed by atoms with Crippen molar-refractivity contribution < 1.29 is 4.79 Å². The monoisotopic (exact) mass is 278 g/mol. The smallest absolute Gasteiger partial charge is 0.177 e. The van der Waals surface area contributed by atoms with E-state index in [2.05, 4.69) is 17.2 Å². The summed E-state index contributed by atoms with van der Waals surface area (Å²) in [5, 5.41) is 1.18. The Morgan fingerprint density at radius 3 is 2.79 bits per heavy atom. The first-order valence-corrected chi connectivity index (χ1v) is 8.52. The van der Waals surface area contributed by atoms with Crippen molar-refractivity contribution >= 4 is 22.6 Å². The lowest BCUT2D eigenvalue weighted by molar-refractivity contribution is -0.113. The molecule has 0 radical (unpaired) electrons. The van der Waals surface area contributed by atoms with Crippen LogP contribution in [0.25, 0.3) is 0 Å². The van der Waals surface area contributed by atoms with E-state index >= 15 is 0 Å². The molecule has 0 aromatic rings. The van der Waals surface area contributed by atoms with Gasteiger partial charge in [-0.05, 0) is 51.1 Å². The molecule has 0 unspecified atom stereocenters. The number of carbonyl (C=O) groups is 1. The van der Waals surface area contributed by atoms with Gasteiger partial charge in [0.2, 0.25) is 0 Å². The zero-order valence-corrected chi connectivity index (χ0v) is 12.6. The Kier molecular flexibility index (Phi) is 3.56. The third kappa shape index (κ3) is 2.00. The van der Waals surface area contributed by atoms with Crippen molar-refractivity contribution in [3.05, 3.63) is 11.8 Å². The summed E-state index contributed by atoms with van der Waals surface area (Å²) >= 11 is 1.74. The average Bonchev–Trinajstić information content (AvgIpc) is 3.06. The standard InChI is InChI=1S/C15H22N2OS/c1-11(18)13-10-12-6-5-7-15(12,14(16-13)19-2)17-8-3-4-9-17/h10,12H,3-9H2,1-2H3/t12-,15+/m1/s1. The fourth-order valence-electron chi connectivity index (χ4n) is 4.00. The highest BCUT2D eigenvalue weighted by molar-refractivity contribution is 8.13. The van der Waals surface area contributed by atoms with Crippen LogP contribution in [0.4, 0.5) is 0 Å². The van der Waals surface area contributed by atoms with Crippen LogP contribution < -0.4 is 0 Å². The largest absolute Gasteiger partial charge is 0.293 e. The van der Waals surface area contributed by atoms with E-state index in [1.807, 2.05) is 0 Å². The van der Waals surface area contributed by atoms with Crippen LogP contribution in [0.5, 0.6) is 0 Å². The number of hydrogen-bond donors (Lipinski definition) is 0. The molecule has 1 saturated heterocycles. The molecule has 0 aromatic carbocycles. The zero-order valence-electron chi connectivity index (χ0n) is 11.8. The highest BCUT2D eigenvalue weighted by atomic mass is 32.2. The predicted octanol–water partition coefficient (Wildman–Crippen LogP) is 2.87. The minimum absolute atomic E-state index is 0.105. The fourth-order valence-corrected chi connectivity index (χ4v) is 4.92. The number of allylic oxidation sites excluding steroid dienone is 1. The SMILES string of the molecule is CSC1=NC(C(C)=O)=C[C@H]2CCC[C@@]12N1CCCC1. The van der Waals surface area contributed by atoms with Crippen molar-refractivity contribution in [1.82, 2.24) is 4.90 Å². The number of likely N-dealkylation sites (tertiary alicyclic amines) is 1. The van der Waals surface area contributed by atoms with Gasteiger partial charge in [-0.3, -0.25) is 9.69 Å². The summed E-state index contributed by atoms with van der Waals surface area (Å²) in [6.07, 6.45) is 10.5. The molecular weight excluding hydrogens is 256 g/mol. The molecular formula is C15H22N2OS. The normalized spacial score (nSPS) is 34.9. The second-order valence-corrected chi connectivity index (χ2v) is 6.64. The number of Topliss-reactive ketones (excluding diaryl/α,β-unsaturated/α-hetero) is 1. The lowest BCUT2D eigenvalue weighted by Crippen LogP contribution is -2.55. The van der Waals surface area contributed by atoms with E-state index in [-0.39, 0.29) is 11.3 Å². The quantitative estimate of drug-likeness (QED) is 0.778. The van der Waals surface area contributed by atoms with Crippen LogP contribution in [0.1, 0.15) is 39.0 Å². The van der Waals surface area contributed by atoms with Gasteiger partial charge in [0.05, 0.1) is 10.6 Å². The van der Waals surface area contributed by atoms with E-state index in [1.54, 1.807) is 18.7 Å². The first-order valence-electron chi connectivity index (χ1n) is 7.29. The van der Waals surface area contributed by atoms with Crippen LogP contribution in [-0.2, 0) is 4.79 Å². The van der Waals surface area contributed by atoms with Gasteiger partial charge in [-0.15, -0.1) is 11.8 Å². The van der Waals surface area contributed by atoms with Crippen LogP contribution in [0.2, 0.25) is 0 Å². The van der Waals surface area contributed by atoms with Crippen molar-refractivity contribution in [1.29, 1.82) is 0 Å². The van der Waals surface area contributed by atoms with E-state index in [0.717, 1.165) is 0 Å². The number of aliphatic imine (C=N–C) groups is 1. The van der Waals surface area contributed by atoms with Gasteiger partial charge in [-0.1, -0.05) is 6.42 Å². The summed E-state index contributed by atoms with van der Waals surface area (Å²) in [7, 11) is 0. The first kappa shape index (κ1) is 13.4. The van der Waals surface area contributed by atoms with Crippen LogP contribution in [0.3, 0.4) is 0 Å². The van der Waals surface area contributed by atoms with Gasteiger partial charge in [0.1, 0.15) is 5.70 Å². The van der Waals surface area contributed by atoms with E-state index < -0.39 is 0 Å². The first-order chi connectivity index (χ1) is 9.18. The number of nitrogens with zero attached hydrogens (tertiary/aromatic N) is 2. The molecule has 0 spiro atoms. The minimum atomic E-state index is 0.105. The molecule has 1 aliphatic carbocycles. The number of hydrogen-bond acceptors (Lipinski definition) is 4. The zero-order chi connectivity index (χ0) is 13.5. The number of rotatable bonds is 2. The molecule has 0 amide bonds. The van der Waals surface area contributed by atoms with E-state index in [1.165, 1.54) is 50.2 Å². The molecule has 0 aromatic heterocycles. The highest BCUT2D eigenvalue weighted by Gasteiger charge is 2.52. The van der Waals surface area contributed by atoms with Crippen LogP contribution >= 0.6 is 11.8 Å². The molecule has 104 valence electrons. The molecule has 2 aliphatic heterocycles. The van der Waals surface area contributed by atoms with Gasteiger partial charge >= 0.3 is 0 Å². The average molecular weight is 278 g/mol. The van der Waals surface area contributed by atoms with Gasteiger partial charge in [0.25, 0.3) is 0 Å². The molecule has 4 heteroatoms. The Balaban J connectivity index is 2.02. The molecule has 2 heterocycles.